The zero-order chi connectivity index (χ0) is 11.0. The van der Waals surface area contributed by atoms with E-state index in [-0.39, 0.29) is 0 Å². The van der Waals surface area contributed by atoms with Crippen LogP contribution in [0.15, 0.2) is 12.2 Å². The number of fused-ring (bicyclic) bond motifs is 1. The van der Waals surface area contributed by atoms with E-state index in [1.165, 1.54) is 38.6 Å². The molecule has 0 aliphatic heterocycles. The molecule has 1 N–H and O–H groups in total. The van der Waals surface area contributed by atoms with Crippen molar-refractivity contribution in [1.82, 2.24) is 5.32 Å². The molecule has 3 rings (SSSR count). The Balaban J connectivity index is 1.42. The highest BCUT2D eigenvalue weighted by Gasteiger charge is 2.45. The van der Waals surface area contributed by atoms with E-state index in [9.17, 15) is 0 Å². The van der Waals surface area contributed by atoms with Gasteiger partial charge in [-0.3, -0.25) is 0 Å². The highest BCUT2D eigenvalue weighted by Crippen LogP contribution is 2.49. The van der Waals surface area contributed by atoms with Crippen LogP contribution in [0.25, 0.3) is 0 Å². The van der Waals surface area contributed by atoms with Crippen LogP contribution in [0.3, 0.4) is 0 Å². The van der Waals surface area contributed by atoms with Gasteiger partial charge in [0.05, 0.1) is 0 Å². The molecule has 90 valence electrons. The van der Waals surface area contributed by atoms with Gasteiger partial charge in [-0.1, -0.05) is 12.2 Å². The highest BCUT2D eigenvalue weighted by atomic mass is 16.5. The van der Waals surface area contributed by atoms with Crippen molar-refractivity contribution in [1.29, 1.82) is 0 Å². The van der Waals surface area contributed by atoms with E-state index < -0.39 is 0 Å². The molecule has 0 heterocycles. The Bertz CT molecular complexity index is 282. The van der Waals surface area contributed by atoms with Gasteiger partial charge in [-0.05, 0) is 49.4 Å². The summed E-state index contributed by atoms with van der Waals surface area (Å²) in [6.07, 6.45) is 11.6. The molecule has 3 aliphatic carbocycles. The molecule has 0 bridgehead atoms. The van der Waals surface area contributed by atoms with Crippen LogP contribution in [0.2, 0.25) is 0 Å². The van der Waals surface area contributed by atoms with Crippen LogP contribution in [0.4, 0.5) is 0 Å². The van der Waals surface area contributed by atoms with Gasteiger partial charge in [0.1, 0.15) is 0 Å². The number of hydrogen-bond acceptors (Lipinski definition) is 2. The lowest BCUT2D eigenvalue weighted by molar-refractivity contribution is 0.141. The van der Waals surface area contributed by atoms with Gasteiger partial charge in [-0.25, -0.2) is 0 Å². The minimum Gasteiger partial charge on any atom is -0.385 e. The van der Waals surface area contributed by atoms with Crippen molar-refractivity contribution < 1.29 is 4.74 Å². The third kappa shape index (κ3) is 1.93. The Morgan fingerprint density at radius 3 is 3.00 bits per heavy atom. The summed E-state index contributed by atoms with van der Waals surface area (Å²) in [5, 5.41) is 3.80. The molecule has 3 atom stereocenters. The van der Waals surface area contributed by atoms with Crippen molar-refractivity contribution in [3.05, 3.63) is 12.2 Å². The molecular weight excluding hydrogens is 198 g/mol. The minimum absolute atomic E-state index is 0.601. The van der Waals surface area contributed by atoms with E-state index in [1.807, 2.05) is 7.11 Å². The molecule has 2 heteroatoms. The van der Waals surface area contributed by atoms with Crippen LogP contribution in [0, 0.1) is 17.3 Å². The highest BCUT2D eigenvalue weighted by molar-refractivity contribution is 5.13. The number of nitrogens with one attached hydrogen (secondary N) is 1. The second-order valence-electron chi connectivity index (χ2n) is 5.97. The maximum atomic E-state index is 5.20. The van der Waals surface area contributed by atoms with E-state index in [4.69, 9.17) is 4.74 Å². The van der Waals surface area contributed by atoms with E-state index in [2.05, 4.69) is 17.5 Å². The topological polar surface area (TPSA) is 21.3 Å². The fourth-order valence-corrected chi connectivity index (χ4v) is 3.31. The van der Waals surface area contributed by atoms with Crippen molar-refractivity contribution in [3.8, 4) is 0 Å². The van der Waals surface area contributed by atoms with Gasteiger partial charge in [0, 0.05) is 26.3 Å². The lowest BCUT2D eigenvalue weighted by Gasteiger charge is -2.41. The summed E-state index contributed by atoms with van der Waals surface area (Å²) < 4.78 is 5.20. The first-order valence-electron chi connectivity index (χ1n) is 6.72. The number of methoxy groups -OCH3 is 1. The van der Waals surface area contributed by atoms with Crippen LogP contribution >= 0.6 is 0 Å². The molecule has 0 aromatic rings. The number of hydrogen-bond donors (Lipinski definition) is 1. The van der Waals surface area contributed by atoms with Gasteiger partial charge >= 0.3 is 0 Å². The average molecular weight is 221 g/mol. The summed E-state index contributed by atoms with van der Waals surface area (Å²) in [5.41, 5.74) is 0.601. The van der Waals surface area contributed by atoms with Gasteiger partial charge < -0.3 is 10.1 Å². The lowest BCUT2D eigenvalue weighted by atomic mass is 9.71. The third-order valence-corrected chi connectivity index (χ3v) is 4.90. The molecule has 2 fully saturated rings. The number of allylic oxidation sites excluding steroid dienone is 1. The second kappa shape index (κ2) is 4.15. The zero-order valence-corrected chi connectivity index (χ0v) is 10.2. The fraction of sp³-hybridized carbons (Fsp3) is 0.857. The molecular formula is C14H23NO. The number of ether oxygens (including phenoxy) is 1. The van der Waals surface area contributed by atoms with Crippen molar-refractivity contribution in [2.75, 3.05) is 20.3 Å². The molecule has 2 nitrogen and oxygen atoms in total. The van der Waals surface area contributed by atoms with E-state index >= 15 is 0 Å². The molecule has 3 unspecified atom stereocenters. The van der Waals surface area contributed by atoms with Crippen LogP contribution in [0.1, 0.15) is 32.1 Å². The Hall–Kier alpha value is -0.340. The molecule has 2 saturated carbocycles. The monoisotopic (exact) mass is 221 g/mol. The summed E-state index contributed by atoms with van der Waals surface area (Å²) >= 11 is 0. The largest absolute Gasteiger partial charge is 0.385 e. The van der Waals surface area contributed by atoms with Gasteiger partial charge in [-0.15, -0.1) is 0 Å². The first kappa shape index (κ1) is 10.8. The summed E-state index contributed by atoms with van der Waals surface area (Å²) in [6, 6.07) is 0.781. The van der Waals surface area contributed by atoms with Gasteiger partial charge in [0.25, 0.3) is 0 Å². The molecule has 0 spiro atoms. The molecule has 0 amide bonds. The van der Waals surface area contributed by atoms with Crippen molar-refractivity contribution in [3.63, 3.8) is 0 Å². The first-order chi connectivity index (χ1) is 7.83. The van der Waals surface area contributed by atoms with Crippen LogP contribution in [0.5, 0.6) is 0 Å². The number of rotatable bonds is 6. The second-order valence-corrected chi connectivity index (χ2v) is 5.97. The Morgan fingerprint density at radius 1 is 1.44 bits per heavy atom. The van der Waals surface area contributed by atoms with Crippen molar-refractivity contribution >= 4 is 0 Å². The molecule has 0 saturated heterocycles. The molecule has 3 aliphatic rings. The van der Waals surface area contributed by atoms with Crippen molar-refractivity contribution in [2.24, 2.45) is 17.3 Å². The van der Waals surface area contributed by atoms with E-state index in [0.717, 1.165) is 24.5 Å². The van der Waals surface area contributed by atoms with E-state index in [0.29, 0.717) is 5.41 Å². The summed E-state index contributed by atoms with van der Waals surface area (Å²) in [6.45, 7) is 2.15. The molecule has 0 aromatic heterocycles. The molecule has 16 heavy (non-hydrogen) atoms. The predicted octanol–water partition coefficient (Wildman–Crippen LogP) is 2.36. The fourth-order valence-electron chi connectivity index (χ4n) is 3.31. The van der Waals surface area contributed by atoms with E-state index in [1.54, 1.807) is 0 Å². The Kier molecular flexibility index (Phi) is 2.80. The maximum Gasteiger partial charge on any atom is 0.0468 e. The summed E-state index contributed by atoms with van der Waals surface area (Å²) in [4.78, 5) is 0. The standard InChI is InChI=1S/C14H23NO/c1-16-8-7-14(5-6-14)10-15-13-9-11-3-2-4-12(11)13/h2,4,11-13,15H,3,5-10H2,1H3. The Labute approximate surface area is 98.4 Å². The SMILES string of the molecule is COCCC1(CNC2CC3CC=CC32)CC1. The normalized spacial score (nSPS) is 38.2. The maximum absolute atomic E-state index is 5.20. The summed E-state index contributed by atoms with van der Waals surface area (Å²) in [7, 11) is 1.81. The van der Waals surface area contributed by atoms with Gasteiger partial charge in [0.15, 0.2) is 0 Å². The molecule has 0 radical (unpaired) electrons. The average Bonchev–Trinajstić information content (AvgIpc) is 2.95. The first-order valence-corrected chi connectivity index (χ1v) is 6.72. The molecule has 0 aromatic carbocycles. The van der Waals surface area contributed by atoms with Crippen LogP contribution in [-0.4, -0.2) is 26.3 Å². The minimum atomic E-state index is 0.601. The Morgan fingerprint density at radius 2 is 2.31 bits per heavy atom. The van der Waals surface area contributed by atoms with Crippen molar-refractivity contribution in [2.45, 2.75) is 38.1 Å². The smallest absolute Gasteiger partial charge is 0.0468 e. The summed E-state index contributed by atoms with van der Waals surface area (Å²) in [5.74, 6) is 1.84. The lowest BCUT2D eigenvalue weighted by Crippen LogP contribution is -2.49. The predicted molar refractivity (Wildman–Crippen MR) is 65.3 cm³/mol. The van der Waals surface area contributed by atoms with Gasteiger partial charge in [0.2, 0.25) is 0 Å². The van der Waals surface area contributed by atoms with Crippen LogP contribution in [-0.2, 0) is 4.74 Å². The van der Waals surface area contributed by atoms with Crippen LogP contribution < -0.4 is 5.32 Å². The van der Waals surface area contributed by atoms with Gasteiger partial charge in [-0.2, -0.15) is 0 Å². The third-order valence-electron chi connectivity index (χ3n) is 4.90. The quantitative estimate of drug-likeness (QED) is 0.695. The zero-order valence-electron chi connectivity index (χ0n) is 10.2.